The summed E-state index contributed by atoms with van der Waals surface area (Å²) in [5.74, 6) is 0.912. The van der Waals surface area contributed by atoms with E-state index in [0.29, 0.717) is 17.2 Å². The average molecular weight is 271 g/mol. The zero-order chi connectivity index (χ0) is 14.4. The molecule has 2 heterocycles. The number of hydrogen-bond donors (Lipinski definition) is 2. The zero-order valence-electron chi connectivity index (χ0n) is 11.6. The second kappa shape index (κ2) is 6.60. The van der Waals surface area contributed by atoms with E-state index in [9.17, 15) is 4.79 Å². The van der Waals surface area contributed by atoms with E-state index in [1.54, 1.807) is 30.5 Å². The molecule has 2 aromatic heterocycles. The lowest BCUT2D eigenvalue weighted by Gasteiger charge is -2.09. The van der Waals surface area contributed by atoms with Gasteiger partial charge in [0.25, 0.3) is 5.91 Å². The fraction of sp³-hybridized carbons (Fsp3) is 0.286. The Bertz CT molecular complexity index is 585. The van der Waals surface area contributed by atoms with E-state index in [0.717, 1.165) is 18.7 Å². The molecule has 20 heavy (non-hydrogen) atoms. The van der Waals surface area contributed by atoms with Gasteiger partial charge in [0.05, 0.1) is 0 Å². The Kier molecular flexibility index (Phi) is 4.60. The molecule has 0 fully saturated rings. The van der Waals surface area contributed by atoms with Crippen LogP contribution in [0.3, 0.4) is 0 Å². The molecule has 0 radical (unpaired) electrons. The summed E-state index contributed by atoms with van der Waals surface area (Å²) in [6, 6.07) is 6.93. The van der Waals surface area contributed by atoms with E-state index in [4.69, 9.17) is 0 Å². The highest BCUT2D eigenvalue weighted by molar-refractivity contribution is 6.04. The number of anilines is 2. The maximum absolute atomic E-state index is 12.2. The van der Waals surface area contributed by atoms with Gasteiger partial charge in [-0.25, -0.2) is 4.98 Å². The second-order valence-electron chi connectivity index (χ2n) is 4.18. The van der Waals surface area contributed by atoms with Crippen molar-refractivity contribution in [3.05, 3.63) is 41.7 Å². The Hall–Kier alpha value is -2.50. The van der Waals surface area contributed by atoms with Gasteiger partial charge in [-0.05, 0) is 37.6 Å². The summed E-state index contributed by atoms with van der Waals surface area (Å²) < 4.78 is 0. The minimum absolute atomic E-state index is 0.221. The largest absolute Gasteiger partial charge is 0.370 e. The summed E-state index contributed by atoms with van der Waals surface area (Å²) >= 11 is 0. The standard InChI is InChI=1S/C14H17N5O/c1-3-11-8-10(9-13(17-11)15-4-2)14(20)18-12-6-5-7-16-19-12/h5-9H,3-4H2,1-2H3,(H,15,17)(H,18,19,20). The van der Waals surface area contributed by atoms with Crippen molar-refractivity contribution in [3.8, 4) is 0 Å². The molecule has 2 aromatic rings. The molecular weight excluding hydrogens is 254 g/mol. The lowest BCUT2D eigenvalue weighted by molar-refractivity contribution is 0.102. The SMILES string of the molecule is CCNc1cc(C(=O)Nc2cccnn2)cc(CC)n1. The third-order valence-corrected chi connectivity index (χ3v) is 2.67. The van der Waals surface area contributed by atoms with E-state index >= 15 is 0 Å². The molecule has 6 heteroatoms. The van der Waals surface area contributed by atoms with Crippen molar-refractivity contribution in [2.75, 3.05) is 17.2 Å². The lowest BCUT2D eigenvalue weighted by Crippen LogP contribution is -2.15. The van der Waals surface area contributed by atoms with E-state index < -0.39 is 0 Å². The molecule has 0 unspecified atom stereocenters. The van der Waals surface area contributed by atoms with Crippen LogP contribution in [0, 0.1) is 0 Å². The average Bonchev–Trinajstić information content (AvgIpc) is 2.48. The molecule has 2 N–H and O–H groups in total. The first kappa shape index (κ1) is 13.9. The van der Waals surface area contributed by atoms with Gasteiger partial charge in [-0.3, -0.25) is 4.79 Å². The normalized spacial score (nSPS) is 10.1. The first-order valence-corrected chi connectivity index (χ1v) is 6.56. The maximum atomic E-state index is 12.2. The number of rotatable bonds is 5. The van der Waals surface area contributed by atoms with Crippen LogP contribution in [-0.2, 0) is 6.42 Å². The molecule has 6 nitrogen and oxygen atoms in total. The number of pyridine rings is 1. The number of aryl methyl sites for hydroxylation is 1. The molecule has 104 valence electrons. The lowest BCUT2D eigenvalue weighted by atomic mass is 10.2. The topological polar surface area (TPSA) is 79.8 Å². The van der Waals surface area contributed by atoms with Crippen LogP contribution < -0.4 is 10.6 Å². The van der Waals surface area contributed by atoms with Crippen LogP contribution in [0.25, 0.3) is 0 Å². The molecule has 0 spiro atoms. The summed E-state index contributed by atoms with van der Waals surface area (Å²) in [6.07, 6.45) is 2.32. The van der Waals surface area contributed by atoms with E-state index in [1.807, 2.05) is 13.8 Å². The highest BCUT2D eigenvalue weighted by Gasteiger charge is 2.10. The molecule has 0 aliphatic heterocycles. The van der Waals surface area contributed by atoms with Crippen LogP contribution in [-0.4, -0.2) is 27.6 Å². The number of amides is 1. The quantitative estimate of drug-likeness (QED) is 0.870. The number of nitrogens with one attached hydrogen (secondary N) is 2. The molecule has 2 rings (SSSR count). The molecule has 0 aromatic carbocycles. The fourth-order valence-electron chi connectivity index (χ4n) is 1.73. The molecule has 0 aliphatic rings. The number of nitrogens with zero attached hydrogens (tertiary/aromatic N) is 3. The van der Waals surface area contributed by atoms with Crippen LogP contribution in [0.2, 0.25) is 0 Å². The molecule has 0 saturated carbocycles. The Morgan fingerprint density at radius 1 is 1.25 bits per heavy atom. The van der Waals surface area contributed by atoms with Crippen LogP contribution >= 0.6 is 0 Å². The molecule has 0 saturated heterocycles. The van der Waals surface area contributed by atoms with Crippen molar-refractivity contribution in [2.24, 2.45) is 0 Å². The summed E-state index contributed by atoms with van der Waals surface area (Å²) in [5.41, 5.74) is 1.42. The molecule has 0 bridgehead atoms. The van der Waals surface area contributed by atoms with Gasteiger partial charge >= 0.3 is 0 Å². The number of carbonyl (C=O) groups is 1. The molecular formula is C14H17N5O. The van der Waals surface area contributed by atoms with Gasteiger partial charge in [0.15, 0.2) is 5.82 Å². The summed E-state index contributed by atoms with van der Waals surface area (Å²) in [6.45, 7) is 4.74. The predicted octanol–water partition coefficient (Wildman–Crippen LogP) is 2.12. The van der Waals surface area contributed by atoms with Crippen molar-refractivity contribution in [1.82, 2.24) is 15.2 Å². The van der Waals surface area contributed by atoms with Gasteiger partial charge in [-0.2, -0.15) is 5.10 Å². The molecule has 0 atom stereocenters. The second-order valence-corrected chi connectivity index (χ2v) is 4.18. The first-order valence-electron chi connectivity index (χ1n) is 6.56. The van der Waals surface area contributed by atoms with E-state index in [-0.39, 0.29) is 5.91 Å². The minimum atomic E-state index is -0.221. The van der Waals surface area contributed by atoms with Crippen molar-refractivity contribution in [3.63, 3.8) is 0 Å². The first-order chi connectivity index (χ1) is 9.72. The number of carbonyl (C=O) groups excluding carboxylic acids is 1. The Morgan fingerprint density at radius 3 is 2.75 bits per heavy atom. The van der Waals surface area contributed by atoms with Gasteiger partial charge in [-0.15, -0.1) is 5.10 Å². The predicted molar refractivity (Wildman–Crippen MR) is 77.8 cm³/mol. The van der Waals surface area contributed by atoms with Gasteiger partial charge in [-0.1, -0.05) is 6.92 Å². The zero-order valence-corrected chi connectivity index (χ0v) is 11.6. The van der Waals surface area contributed by atoms with Crippen LogP contribution in [0.15, 0.2) is 30.5 Å². The summed E-state index contributed by atoms with van der Waals surface area (Å²) in [4.78, 5) is 16.6. The van der Waals surface area contributed by atoms with Crippen molar-refractivity contribution < 1.29 is 4.79 Å². The summed E-state index contributed by atoms with van der Waals surface area (Å²) in [7, 11) is 0. The third-order valence-electron chi connectivity index (χ3n) is 2.67. The maximum Gasteiger partial charge on any atom is 0.257 e. The van der Waals surface area contributed by atoms with Crippen molar-refractivity contribution >= 4 is 17.5 Å². The molecule has 0 aliphatic carbocycles. The van der Waals surface area contributed by atoms with E-state index in [2.05, 4.69) is 25.8 Å². The van der Waals surface area contributed by atoms with Gasteiger partial charge < -0.3 is 10.6 Å². The van der Waals surface area contributed by atoms with Crippen LogP contribution in [0.1, 0.15) is 29.9 Å². The number of aromatic nitrogens is 3. The van der Waals surface area contributed by atoms with Gasteiger partial charge in [0, 0.05) is 24.0 Å². The smallest absolute Gasteiger partial charge is 0.257 e. The minimum Gasteiger partial charge on any atom is -0.370 e. The highest BCUT2D eigenvalue weighted by atomic mass is 16.1. The molecule has 1 amide bonds. The summed E-state index contributed by atoms with van der Waals surface area (Å²) in [5, 5.41) is 13.4. The van der Waals surface area contributed by atoms with Crippen LogP contribution in [0.5, 0.6) is 0 Å². The highest BCUT2D eigenvalue weighted by Crippen LogP contribution is 2.13. The van der Waals surface area contributed by atoms with Crippen molar-refractivity contribution in [1.29, 1.82) is 0 Å². The van der Waals surface area contributed by atoms with Crippen molar-refractivity contribution in [2.45, 2.75) is 20.3 Å². The number of hydrogen-bond acceptors (Lipinski definition) is 5. The van der Waals surface area contributed by atoms with Gasteiger partial charge in [0.1, 0.15) is 5.82 Å². The monoisotopic (exact) mass is 271 g/mol. The Balaban J connectivity index is 2.22. The fourth-order valence-corrected chi connectivity index (χ4v) is 1.73. The van der Waals surface area contributed by atoms with Gasteiger partial charge in [0.2, 0.25) is 0 Å². The van der Waals surface area contributed by atoms with Crippen LogP contribution in [0.4, 0.5) is 11.6 Å². The Morgan fingerprint density at radius 2 is 2.10 bits per heavy atom. The third kappa shape index (κ3) is 3.50. The van der Waals surface area contributed by atoms with E-state index in [1.165, 1.54) is 0 Å². The Labute approximate surface area is 117 Å².